The third kappa shape index (κ3) is 4.09. The third-order valence-electron chi connectivity index (χ3n) is 6.44. The molecule has 1 aliphatic rings. The molecular formula is C27H29N5O. The molecule has 0 bridgehead atoms. The first-order chi connectivity index (χ1) is 16.2. The van der Waals surface area contributed by atoms with Crippen LogP contribution in [0.4, 0.5) is 5.82 Å². The van der Waals surface area contributed by atoms with Crippen LogP contribution in [0.5, 0.6) is 0 Å². The number of fused-ring (bicyclic) bond motifs is 2. The van der Waals surface area contributed by atoms with Gasteiger partial charge in [0, 0.05) is 12.2 Å². The van der Waals surface area contributed by atoms with E-state index >= 15 is 0 Å². The number of benzene rings is 2. The second kappa shape index (κ2) is 9.06. The monoisotopic (exact) mass is 439 g/mol. The molecule has 168 valence electrons. The van der Waals surface area contributed by atoms with Crippen molar-refractivity contribution >= 4 is 33.9 Å². The molecule has 0 spiro atoms. The van der Waals surface area contributed by atoms with Crippen LogP contribution in [-0.4, -0.2) is 27.0 Å². The number of nitrogen functional groups attached to an aromatic ring is 1. The van der Waals surface area contributed by atoms with Gasteiger partial charge in [-0.15, -0.1) is 0 Å². The Hall–Kier alpha value is -3.67. The highest BCUT2D eigenvalue weighted by Crippen LogP contribution is 2.31. The smallest absolute Gasteiger partial charge is 0.257 e. The van der Waals surface area contributed by atoms with Crippen molar-refractivity contribution in [3.63, 3.8) is 0 Å². The highest BCUT2D eigenvalue weighted by atomic mass is 16.1. The number of aryl methyl sites for hydroxylation is 1. The molecule has 33 heavy (non-hydrogen) atoms. The van der Waals surface area contributed by atoms with Gasteiger partial charge in [0.1, 0.15) is 16.9 Å². The predicted octanol–water partition coefficient (Wildman–Crippen LogP) is 5.34. The van der Waals surface area contributed by atoms with Crippen molar-refractivity contribution in [1.82, 2.24) is 19.9 Å². The summed E-state index contributed by atoms with van der Waals surface area (Å²) in [6, 6.07) is 15.9. The molecule has 0 radical (unpaired) electrons. The number of aromatic nitrogens is 3. The first-order valence-corrected chi connectivity index (χ1v) is 11.8. The van der Waals surface area contributed by atoms with Gasteiger partial charge in [0.25, 0.3) is 5.91 Å². The maximum atomic E-state index is 13.3. The lowest BCUT2D eigenvalue weighted by Gasteiger charge is -2.13. The number of hydrogen-bond acceptors (Lipinski definition) is 4. The summed E-state index contributed by atoms with van der Waals surface area (Å²) >= 11 is 0. The van der Waals surface area contributed by atoms with E-state index in [2.05, 4.69) is 30.4 Å². The number of anilines is 1. The lowest BCUT2D eigenvalue weighted by Crippen LogP contribution is -2.26. The number of nitrogens with two attached hydrogens (primary N) is 1. The Bertz CT molecular complexity index is 1350. The van der Waals surface area contributed by atoms with E-state index in [4.69, 9.17) is 15.7 Å². The van der Waals surface area contributed by atoms with Gasteiger partial charge in [0.15, 0.2) is 5.65 Å². The third-order valence-corrected chi connectivity index (χ3v) is 6.44. The van der Waals surface area contributed by atoms with Crippen molar-refractivity contribution in [1.29, 1.82) is 0 Å². The fourth-order valence-electron chi connectivity index (χ4n) is 4.58. The Balaban J connectivity index is 1.56. The maximum absolute atomic E-state index is 13.3. The van der Waals surface area contributed by atoms with Gasteiger partial charge in [0.2, 0.25) is 0 Å². The molecule has 0 unspecified atom stereocenters. The first-order valence-electron chi connectivity index (χ1n) is 11.8. The minimum atomic E-state index is -0.206. The second-order valence-corrected chi connectivity index (χ2v) is 8.61. The summed E-state index contributed by atoms with van der Waals surface area (Å²) in [6.07, 6.45) is 8.91. The first kappa shape index (κ1) is 21.2. The van der Waals surface area contributed by atoms with E-state index in [1.165, 1.54) is 24.0 Å². The number of nitrogens with zero attached hydrogens (tertiary/aromatic N) is 3. The molecule has 0 atom stereocenters. The quantitative estimate of drug-likeness (QED) is 0.397. The van der Waals surface area contributed by atoms with E-state index in [9.17, 15) is 4.79 Å². The number of carbonyl (C=O) groups is 1. The molecule has 0 aliphatic heterocycles. The molecule has 4 aromatic rings. The molecule has 0 fully saturated rings. The second-order valence-electron chi connectivity index (χ2n) is 8.61. The molecule has 6 nitrogen and oxygen atoms in total. The zero-order valence-corrected chi connectivity index (χ0v) is 19.0. The Morgan fingerprint density at radius 1 is 1.06 bits per heavy atom. The average molecular weight is 440 g/mol. The van der Waals surface area contributed by atoms with Gasteiger partial charge >= 0.3 is 0 Å². The van der Waals surface area contributed by atoms with Crippen molar-refractivity contribution < 1.29 is 4.79 Å². The summed E-state index contributed by atoms with van der Waals surface area (Å²) in [5.41, 5.74) is 13.2. The summed E-state index contributed by atoms with van der Waals surface area (Å²) < 4.78 is 1.84. The lowest BCUT2D eigenvalue weighted by molar-refractivity contribution is 0.0956. The fourth-order valence-corrected chi connectivity index (χ4v) is 4.58. The molecule has 0 saturated carbocycles. The number of para-hydroxylation sites is 2. The molecule has 5 rings (SSSR count). The van der Waals surface area contributed by atoms with E-state index in [1.54, 1.807) is 0 Å². The predicted molar refractivity (Wildman–Crippen MR) is 134 cm³/mol. The molecule has 1 aliphatic carbocycles. The van der Waals surface area contributed by atoms with Crippen molar-refractivity contribution in [2.75, 3.05) is 12.3 Å². The summed E-state index contributed by atoms with van der Waals surface area (Å²) in [7, 11) is 0. The minimum Gasteiger partial charge on any atom is -0.384 e. The Morgan fingerprint density at radius 2 is 1.82 bits per heavy atom. The standard InChI is InChI=1S/C27H29N5O/c1-2-18-12-14-20(15-13-18)32-25(28)23(27(33)29-17-16-19-8-4-3-5-9-19)24-26(32)31-22-11-7-6-10-21(22)30-24/h6-8,10-15H,2-5,9,16-17,28H2,1H3,(H,29,33). The van der Waals surface area contributed by atoms with Crippen LogP contribution in [-0.2, 0) is 6.42 Å². The minimum absolute atomic E-state index is 0.206. The molecule has 0 saturated heterocycles. The number of amides is 1. The van der Waals surface area contributed by atoms with Crippen LogP contribution in [0.1, 0.15) is 54.9 Å². The lowest BCUT2D eigenvalue weighted by atomic mass is 9.97. The Labute approximate surface area is 193 Å². The van der Waals surface area contributed by atoms with Crippen LogP contribution in [0.15, 0.2) is 60.2 Å². The van der Waals surface area contributed by atoms with Gasteiger partial charge in [-0.25, -0.2) is 9.97 Å². The fraction of sp³-hybridized carbons (Fsp3) is 0.296. The summed E-state index contributed by atoms with van der Waals surface area (Å²) in [5, 5.41) is 3.07. The zero-order chi connectivity index (χ0) is 22.8. The van der Waals surface area contributed by atoms with E-state index in [0.29, 0.717) is 29.1 Å². The summed E-state index contributed by atoms with van der Waals surface area (Å²) in [4.78, 5) is 23.0. The molecule has 2 aromatic heterocycles. The Kier molecular flexibility index (Phi) is 5.82. The SMILES string of the molecule is CCc1ccc(-n2c(N)c(C(=O)NCCC3=CCCCC3)c3nc4ccccc4nc32)cc1. The van der Waals surface area contributed by atoms with Gasteiger partial charge in [-0.1, -0.05) is 42.8 Å². The van der Waals surface area contributed by atoms with Gasteiger partial charge < -0.3 is 11.1 Å². The molecule has 2 heterocycles. The number of hydrogen-bond donors (Lipinski definition) is 2. The molecule has 3 N–H and O–H groups in total. The van der Waals surface area contributed by atoms with Crippen LogP contribution in [0.3, 0.4) is 0 Å². The number of carbonyl (C=O) groups excluding carboxylic acids is 1. The maximum Gasteiger partial charge on any atom is 0.257 e. The van der Waals surface area contributed by atoms with Crippen molar-refractivity contribution in [2.24, 2.45) is 0 Å². The molecule has 6 heteroatoms. The average Bonchev–Trinajstić information content (AvgIpc) is 3.13. The summed E-state index contributed by atoms with van der Waals surface area (Å²) in [6.45, 7) is 2.71. The van der Waals surface area contributed by atoms with Gasteiger partial charge in [-0.3, -0.25) is 9.36 Å². The molecular weight excluding hydrogens is 410 g/mol. The van der Waals surface area contributed by atoms with Gasteiger partial charge in [-0.2, -0.15) is 0 Å². The Morgan fingerprint density at radius 3 is 2.52 bits per heavy atom. The molecule has 2 aromatic carbocycles. The highest BCUT2D eigenvalue weighted by molar-refractivity contribution is 6.11. The van der Waals surface area contributed by atoms with Gasteiger partial charge in [0.05, 0.1) is 11.0 Å². The van der Waals surface area contributed by atoms with Crippen molar-refractivity contribution in [2.45, 2.75) is 45.4 Å². The highest BCUT2D eigenvalue weighted by Gasteiger charge is 2.24. The topological polar surface area (TPSA) is 85.8 Å². The summed E-state index contributed by atoms with van der Waals surface area (Å²) in [5.74, 6) is 0.154. The van der Waals surface area contributed by atoms with Crippen LogP contribution in [0.2, 0.25) is 0 Å². The van der Waals surface area contributed by atoms with E-state index in [0.717, 1.165) is 42.4 Å². The number of nitrogens with one attached hydrogen (secondary N) is 1. The zero-order valence-electron chi connectivity index (χ0n) is 19.0. The number of rotatable bonds is 6. The largest absolute Gasteiger partial charge is 0.384 e. The normalized spacial score (nSPS) is 13.9. The van der Waals surface area contributed by atoms with Crippen LogP contribution >= 0.6 is 0 Å². The molecule has 1 amide bonds. The van der Waals surface area contributed by atoms with Gasteiger partial charge in [-0.05, 0) is 68.4 Å². The van der Waals surface area contributed by atoms with Crippen LogP contribution < -0.4 is 11.1 Å². The van der Waals surface area contributed by atoms with E-state index < -0.39 is 0 Å². The van der Waals surface area contributed by atoms with Crippen LogP contribution in [0.25, 0.3) is 27.9 Å². The van der Waals surface area contributed by atoms with Crippen molar-refractivity contribution in [3.05, 3.63) is 71.3 Å². The van der Waals surface area contributed by atoms with Crippen LogP contribution in [0, 0.1) is 0 Å². The number of allylic oxidation sites excluding steroid dienone is 1. The van der Waals surface area contributed by atoms with E-state index in [-0.39, 0.29) is 5.91 Å². The van der Waals surface area contributed by atoms with E-state index in [1.807, 2.05) is 41.0 Å². The van der Waals surface area contributed by atoms with Crippen molar-refractivity contribution in [3.8, 4) is 5.69 Å².